The first-order valence-corrected chi connectivity index (χ1v) is 8.25. The van der Waals surface area contributed by atoms with Crippen LogP contribution in [0, 0.1) is 11.3 Å². The molecule has 0 saturated heterocycles. The van der Waals surface area contributed by atoms with Crippen molar-refractivity contribution in [2.45, 2.75) is 57.4 Å². The summed E-state index contributed by atoms with van der Waals surface area (Å²) in [4.78, 5) is 0. The van der Waals surface area contributed by atoms with Crippen molar-refractivity contribution in [2.24, 2.45) is 11.3 Å². The molecule has 3 nitrogen and oxygen atoms in total. The summed E-state index contributed by atoms with van der Waals surface area (Å²) in [6.45, 7) is 0. The molecule has 3 rings (SSSR count). The van der Waals surface area contributed by atoms with E-state index in [1.165, 1.54) is 32.1 Å². The third-order valence-corrected chi connectivity index (χ3v) is 6.07. The maximum Gasteiger partial charge on any atom is 0.212 e. The molecule has 0 amide bonds. The molecule has 0 bridgehead atoms. The summed E-state index contributed by atoms with van der Waals surface area (Å²) >= 11 is 0. The molecule has 16 heavy (non-hydrogen) atoms. The first kappa shape index (κ1) is 11.0. The molecule has 0 aromatic carbocycles. The second-order valence-electron chi connectivity index (χ2n) is 6.02. The predicted molar refractivity (Wildman–Crippen MR) is 63.6 cm³/mol. The van der Waals surface area contributed by atoms with Gasteiger partial charge < -0.3 is 0 Å². The lowest BCUT2D eigenvalue weighted by atomic mass is 9.86. The molecule has 92 valence electrons. The quantitative estimate of drug-likeness (QED) is 0.821. The highest BCUT2D eigenvalue weighted by molar-refractivity contribution is 7.89. The van der Waals surface area contributed by atoms with Gasteiger partial charge in [0, 0.05) is 6.04 Å². The third kappa shape index (κ3) is 2.28. The average Bonchev–Trinajstić information content (AvgIpc) is 3.10. The van der Waals surface area contributed by atoms with Crippen LogP contribution in [-0.2, 0) is 10.0 Å². The molecule has 0 radical (unpaired) electrons. The Morgan fingerprint density at radius 1 is 1.12 bits per heavy atom. The number of hydrogen-bond acceptors (Lipinski definition) is 2. The zero-order valence-electron chi connectivity index (χ0n) is 9.74. The highest BCUT2D eigenvalue weighted by Crippen LogP contribution is 2.56. The first-order chi connectivity index (χ1) is 7.60. The summed E-state index contributed by atoms with van der Waals surface area (Å²) < 4.78 is 26.6. The fourth-order valence-corrected chi connectivity index (χ4v) is 5.00. The highest BCUT2D eigenvalue weighted by atomic mass is 32.2. The van der Waals surface area contributed by atoms with Crippen LogP contribution in [0.5, 0.6) is 0 Å². The summed E-state index contributed by atoms with van der Waals surface area (Å²) in [5.74, 6) is 0.832. The normalized spacial score (nSPS) is 32.9. The smallest absolute Gasteiger partial charge is 0.212 e. The zero-order chi connectivity index (χ0) is 11.2. The van der Waals surface area contributed by atoms with Crippen molar-refractivity contribution in [3.63, 3.8) is 0 Å². The Morgan fingerprint density at radius 2 is 1.81 bits per heavy atom. The van der Waals surface area contributed by atoms with Crippen LogP contribution in [0.2, 0.25) is 0 Å². The monoisotopic (exact) mass is 243 g/mol. The highest BCUT2D eigenvalue weighted by Gasteiger charge is 2.55. The standard InChI is InChI=1S/C12H21NO2S/c14-16(15,9-10-4-5-10)13-11-8-12(11)6-2-1-3-7-12/h10-11,13H,1-9H2. The second-order valence-corrected chi connectivity index (χ2v) is 7.82. The molecule has 0 aromatic heterocycles. The van der Waals surface area contributed by atoms with Gasteiger partial charge in [-0.25, -0.2) is 13.1 Å². The molecule has 0 aromatic rings. The van der Waals surface area contributed by atoms with Crippen LogP contribution in [0.25, 0.3) is 0 Å². The third-order valence-electron chi connectivity index (χ3n) is 4.51. The zero-order valence-corrected chi connectivity index (χ0v) is 10.6. The fourth-order valence-electron chi connectivity index (χ4n) is 3.18. The first-order valence-electron chi connectivity index (χ1n) is 6.60. The molecule has 3 aliphatic carbocycles. The van der Waals surface area contributed by atoms with Crippen LogP contribution >= 0.6 is 0 Å². The van der Waals surface area contributed by atoms with Gasteiger partial charge in [-0.05, 0) is 43.4 Å². The van der Waals surface area contributed by atoms with Crippen molar-refractivity contribution in [3.8, 4) is 0 Å². The molecule has 1 atom stereocenters. The lowest BCUT2D eigenvalue weighted by Gasteiger charge is -2.22. The van der Waals surface area contributed by atoms with Gasteiger partial charge in [-0.15, -0.1) is 0 Å². The Bertz CT molecular complexity index is 366. The molecule has 1 unspecified atom stereocenters. The van der Waals surface area contributed by atoms with E-state index in [2.05, 4.69) is 4.72 Å². The summed E-state index contributed by atoms with van der Waals surface area (Å²) in [5, 5.41) is 0. The number of sulfonamides is 1. The van der Waals surface area contributed by atoms with Crippen molar-refractivity contribution < 1.29 is 8.42 Å². The van der Waals surface area contributed by atoms with Crippen molar-refractivity contribution in [1.29, 1.82) is 0 Å². The van der Waals surface area contributed by atoms with E-state index in [9.17, 15) is 8.42 Å². The average molecular weight is 243 g/mol. The van der Waals surface area contributed by atoms with Crippen molar-refractivity contribution in [2.75, 3.05) is 5.75 Å². The fraction of sp³-hybridized carbons (Fsp3) is 1.00. The SMILES string of the molecule is O=S(=O)(CC1CC1)NC1CC12CCCCC2. The van der Waals surface area contributed by atoms with Crippen LogP contribution in [-0.4, -0.2) is 20.2 Å². The van der Waals surface area contributed by atoms with E-state index < -0.39 is 10.0 Å². The Hall–Kier alpha value is -0.0900. The maximum absolute atomic E-state index is 11.8. The van der Waals surface area contributed by atoms with Gasteiger partial charge in [-0.1, -0.05) is 19.3 Å². The molecule has 4 heteroatoms. The van der Waals surface area contributed by atoms with Crippen LogP contribution in [0.1, 0.15) is 51.4 Å². The molecule has 1 N–H and O–H groups in total. The molecular weight excluding hydrogens is 222 g/mol. The molecule has 1 spiro atoms. The molecule has 3 saturated carbocycles. The lowest BCUT2D eigenvalue weighted by Crippen LogP contribution is -2.33. The van der Waals surface area contributed by atoms with E-state index in [0.29, 0.717) is 17.1 Å². The van der Waals surface area contributed by atoms with Crippen molar-refractivity contribution >= 4 is 10.0 Å². The van der Waals surface area contributed by atoms with E-state index >= 15 is 0 Å². The number of nitrogens with one attached hydrogen (secondary N) is 1. The van der Waals surface area contributed by atoms with Gasteiger partial charge in [0.2, 0.25) is 10.0 Å². The Morgan fingerprint density at radius 3 is 2.44 bits per heavy atom. The van der Waals surface area contributed by atoms with Gasteiger partial charge >= 0.3 is 0 Å². The second kappa shape index (κ2) is 3.70. The van der Waals surface area contributed by atoms with E-state index in [0.717, 1.165) is 19.3 Å². The molecule has 0 heterocycles. The van der Waals surface area contributed by atoms with Gasteiger partial charge in [-0.3, -0.25) is 0 Å². The molecule has 0 aliphatic heterocycles. The van der Waals surface area contributed by atoms with Crippen molar-refractivity contribution in [1.82, 2.24) is 4.72 Å². The minimum Gasteiger partial charge on any atom is -0.212 e. The van der Waals surface area contributed by atoms with E-state index in [1.807, 2.05) is 0 Å². The summed E-state index contributed by atoms with van der Waals surface area (Å²) in [5.41, 5.74) is 0.370. The Balaban J connectivity index is 1.55. The number of hydrogen-bond donors (Lipinski definition) is 1. The predicted octanol–water partition coefficient (Wildman–Crippen LogP) is 2.04. The van der Waals surface area contributed by atoms with E-state index in [-0.39, 0.29) is 6.04 Å². The van der Waals surface area contributed by atoms with Crippen molar-refractivity contribution in [3.05, 3.63) is 0 Å². The van der Waals surface area contributed by atoms with Gasteiger partial charge in [0.05, 0.1) is 5.75 Å². The largest absolute Gasteiger partial charge is 0.212 e. The van der Waals surface area contributed by atoms with Gasteiger partial charge in [0.15, 0.2) is 0 Å². The Labute approximate surface area is 98.0 Å². The Kier molecular flexibility index (Phi) is 2.55. The van der Waals surface area contributed by atoms with Gasteiger partial charge in [0.1, 0.15) is 0 Å². The van der Waals surface area contributed by atoms with Crippen LogP contribution in [0.3, 0.4) is 0 Å². The molecule has 3 fully saturated rings. The van der Waals surface area contributed by atoms with Crippen LogP contribution in [0.4, 0.5) is 0 Å². The summed E-state index contributed by atoms with van der Waals surface area (Å²) in [6.07, 6.45) is 9.71. The van der Waals surface area contributed by atoms with E-state index in [4.69, 9.17) is 0 Å². The minimum absolute atomic E-state index is 0.275. The van der Waals surface area contributed by atoms with Crippen LogP contribution < -0.4 is 4.72 Å². The number of rotatable bonds is 4. The van der Waals surface area contributed by atoms with E-state index in [1.54, 1.807) is 0 Å². The van der Waals surface area contributed by atoms with Crippen LogP contribution in [0.15, 0.2) is 0 Å². The molecule has 3 aliphatic rings. The van der Waals surface area contributed by atoms with Gasteiger partial charge in [0.25, 0.3) is 0 Å². The topological polar surface area (TPSA) is 46.2 Å². The summed E-state index contributed by atoms with van der Waals surface area (Å²) in [6, 6.07) is 0.275. The van der Waals surface area contributed by atoms with Gasteiger partial charge in [-0.2, -0.15) is 0 Å². The molecular formula is C12H21NO2S. The minimum atomic E-state index is -2.98. The maximum atomic E-state index is 11.8. The summed E-state index contributed by atoms with van der Waals surface area (Å²) in [7, 11) is -2.98. The lowest BCUT2D eigenvalue weighted by molar-refractivity contribution is 0.321.